The number of aromatic amines is 1. The minimum absolute atomic E-state index is 0.198. The molecule has 2 rings (SSSR count). The van der Waals surface area contributed by atoms with Crippen LogP contribution in [0.4, 0.5) is 14.5 Å². The number of H-pyrrole nitrogens is 1. The highest BCUT2D eigenvalue weighted by Gasteiger charge is 2.18. The van der Waals surface area contributed by atoms with Crippen LogP contribution in [0.1, 0.15) is 33.7 Å². The Hall–Kier alpha value is -2.84. The fourth-order valence-corrected chi connectivity index (χ4v) is 1.57. The molecule has 7 nitrogen and oxygen atoms in total. The number of anilines is 1. The van der Waals surface area contributed by atoms with Crippen molar-refractivity contribution >= 4 is 17.5 Å². The Kier molecular flexibility index (Phi) is 3.92. The van der Waals surface area contributed by atoms with Crippen LogP contribution in [0.15, 0.2) is 12.1 Å². The van der Waals surface area contributed by atoms with Gasteiger partial charge in [-0.1, -0.05) is 6.92 Å². The fourth-order valence-electron chi connectivity index (χ4n) is 1.57. The Morgan fingerprint density at radius 3 is 2.62 bits per heavy atom. The number of aryl methyl sites for hydroxylation is 1. The number of aromatic nitrogens is 3. The van der Waals surface area contributed by atoms with E-state index in [9.17, 15) is 18.4 Å². The first-order valence-corrected chi connectivity index (χ1v) is 5.93. The average Bonchev–Trinajstić information content (AvgIpc) is 2.90. The second kappa shape index (κ2) is 5.65. The lowest BCUT2D eigenvalue weighted by atomic mass is 10.1. The highest BCUT2D eigenvalue weighted by atomic mass is 19.1. The van der Waals surface area contributed by atoms with Crippen LogP contribution in [0.2, 0.25) is 0 Å². The molecule has 0 radical (unpaired) electrons. The number of benzene rings is 1. The molecule has 1 aromatic carbocycles. The van der Waals surface area contributed by atoms with Gasteiger partial charge in [-0.2, -0.15) is 0 Å². The van der Waals surface area contributed by atoms with Gasteiger partial charge in [0.15, 0.2) is 0 Å². The highest BCUT2D eigenvalue weighted by Crippen LogP contribution is 2.19. The van der Waals surface area contributed by atoms with Crippen LogP contribution >= 0.6 is 0 Å². The molecule has 0 saturated heterocycles. The van der Waals surface area contributed by atoms with Gasteiger partial charge in [-0.3, -0.25) is 14.7 Å². The molecule has 0 aliphatic carbocycles. The Labute approximate surface area is 117 Å². The summed E-state index contributed by atoms with van der Waals surface area (Å²) in [7, 11) is 0. The molecule has 0 unspecified atom stereocenters. The van der Waals surface area contributed by atoms with Crippen molar-refractivity contribution in [2.24, 2.45) is 5.73 Å². The largest absolute Gasteiger partial charge is 0.366 e. The van der Waals surface area contributed by atoms with Crippen LogP contribution in [0.3, 0.4) is 0 Å². The number of halogens is 2. The van der Waals surface area contributed by atoms with Crippen LogP contribution in [0, 0.1) is 11.6 Å². The predicted molar refractivity (Wildman–Crippen MR) is 68.6 cm³/mol. The summed E-state index contributed by atoms with van der Waals surface area (Å²) < 4.78 is 26.9. The highest BCUT2D eigenvalue weighted by molar-refractivity contribution is 6.02. The SMILES string of the molecule is CCc1nc(C(=O)Nc2cc(C(N)=O)c(F)cc2F)n[nH]1. The number of hydrogen-bond donors (Lipinski definition) is 3. The Bertz CT molecular complexity index is 714. The van der Waals surface area contributed by atoms with E-state index < -0.39 is 34.7 Å². The van der Waals surface area contributed by atoms with Crippen molar-refractivity contribution < 1.29 is 18.4 Å². The molecule has 4 N–H and O–H groups in total. The molecule has 1 heterocycles. The van der Waals surface area contributed by atoms with Crippen molar-refractivity contribution in [3.05, 3.63) is 41.0 Å². The summed E-state index contributed by atoms with van der Waals surface area (Å²) in [6, 6.07) is 1.28. The molecule has 0 fully saturated rings. The van der Waals surface area contributed by atoms with Gasteiger partial charge in [0, 0.05) is 12.5 Å². The van der Waals surface area contributed by atoms with Crippen molar-refractivity contribution in [3.63, 3.8) is 0 Å². The van der Waals surface area contributed by atoms with Crippen molar-refractivity contribution in [1.82, 2.24) is 15.2 Å². The number of amides is 2. The lowest BCUT2D eigenvalue weighted by molar-refractivity contribution is 0.0991. The molecule has 0 atom stereocenters. The van der Waals surface area contributed by atoms with E-state index in [1.165, 1.54) is 0 Å². The van der Waals surface area contributed by atoms with Crippen LogP contribution in [-0.2, 0) is 6.42 Å². The Balaban J connectivity index is 2.28. The number of rotatable bonds is 4. The zero-order chi connectivity index (χ0) is 15.6. The van der Waals surface area contributed by atoms with Crippen LogP contribution in [-0.4, -0.2) is 27.0 Å². The van der Waals surface area contributed by atoms with E-state index in [-0.39, 0.29) is 5.82 Å². The molecule has 2 amide bonds. The average molecular weight is 295 g/mol. The smallest absolute Gasteiger partial charge is 0.295 e. The topological polar surface area (TPSA) is 114 Å². The van der Waals surface area contributed by atoms with E-state index >= 15 is 0 Å². The maximum atomic E-state index is 13.6. The summed E-state index contributed by atoms with van der Waals surface area (Å²) in [4.78, 5) is 26.7. The van der Waals surface area contributed by atoms with Gasteiger partial charge >= 0.3 is 0 Å². The van der Waals surface area contributed by atoms with E-state index in [1.54, 1.807) is 6.92 Å². The van der Waals surface area contributed by atoms with Crippen molar-refractivity contribution in [2.45, 2.75) is 13.3 Å². The lowest BCUT2D eigenvalue weighted by Gasteiger charge is -2.06. The maximum Gasteiger partial charge on any atom is 0.295 e. The molecule has 0 spiro atoms. The molecule has 0 aliphatic rings. The van der Waals surface area contributed by atoms with Gasteiger partial charge in [-0.25, -0.2) is 13.8 Å². The monoisotopic (exact) mass is 295 g/mol. The van der Waals surface area contributed by atoms with E-state index in [2.05, 4.69) is 20.5 Å². The molecule has 9 heteroatoms. The van der Waals surface area contributed by atoms with E-state index in [0.717, 1.165) is 6.07 Å². The molecule has 21 heavy (non-hydrogen) atoms. The summed E-state index contributed by atoms with van der Waals surface area (Å²) in [6.07, 6.45) is 0.539. The van der Waals surface area contributed by atoms with Crippen molar-refractivity contribution in [2.75, 3.05) is 5.32 Å². The first-order chi connectivity index (χ1) is 9.92. The van der Waals surface area contributed by atoms with E-state index in [1.807, 2.05) is 0 Å². The zero-order valence-corrected chi connectivity index (χ0v) is 10.9. The van der Waals surface area contributed by atoms with E-state index in [0.29, 0.717) is 18.3 Å². The summed E-state index contributed by atoms with van der Waals surface area (Å²) in [5.41, 5.74) is 4.03. The molecular weight excluding hydrogens is 284 g/mol. The summed E-state index contributed by atoms with van der Waals surface area (Å²) in [5.74, 6) is -3.74. The number of carbonyl (C=O) groups excluding carboxylic acids is 2. The normalized spacial score (nSPS) is 10.4. The third-order valence-corrected chi connectivity index (χ3v) is 2.64. The maximum absolute atomic E-state index is 13.6. The van der Waals surface area contributed by atoms with Gasteiger partial charge in [0.05, 0.1) is 11.3 Å². The summed E-state index contributed by atoms with van der Waals surface area (Å²) >= 11 is 0. The fraction of sp³-hybridized carbons (Fsp3) is 0.167. The number of hydrogen-bond acceptors (Lipinski definition) is 4. The molecular formula is C12H11F2N5O2. The second-order valence-electron chi connectivity index (χ2n) is 4.09. The third kappa shape index (κ3) is 3.02. The Morgan fingerprint density at radius 2 is 2.05 bits per heavy atom. The number of nitrogens with one attached hydrogen (secondary N) is 2. The number of nitrogens with two attached hydrogens (primary N) is 1. The molecule has 0 saturated carbocycles. The van der Waals surface area contributed by atoms with Crippen LogP contribution in [0.25, 0.3) is 0 Å². The molecule has 110 valence electrons. The minimum atomic E-state index is -1.11. The van der Waals surface area contributed by atoms with E-state index in [4.69, 9.17) is 5.73 Å². The summed E-state index contributed by atoms with van der Waals surface area (Å²) in [5, 5.41) is 8.33. The van der Waals surface area contributed by atoms with Gasteiger partial charge < -0.3 is 11.1 Å². The Morgan fingerprint density at radius 1 is 1.33 bits per heavy atom. The number of carbonyl (C=O) groups is 2. The zero-order valence-electron chi connectivity index (χ0n) is 10.9. The predicted octanol–water partition coefficient (Wildman–Crippen LogP) is 0.996. The van der Waals surface area contributed by atoms with Crippen molar-refractivity contribution in [1.29, 1.82) is 0 Å². The molecule has 0 bridgehead atoms. The molecule has 2 aromatic rings. The second-order valence-corrected chi connectivity index (χ2v) is 4.09. The molecule has 0 aliphatic heterocycles. The number of nitrogens with zero attached hydrogens (tertiary/aromatic N) is 2. The molecule has 1 aromatic heterocycles. The first kappa shape index (κ1) is 14.6. The number of primary amides is 1. The van der Waals surface area contributed by atoms with Gasteiger partial charge in [0.25, 0.3) is 11.8 Å². The minimum Gasteiger partial charge on any atom is -0.366 e. The quantitative estimate of drug-likeness (QED) is 0.780. The van der Waals surface area contributed by atoms with Crippen LogP contribution < -0.4 is 11.1 Å². The first-order valence-electron chi connectivity index (χ1n) is 5.93. The van der Waals surface area contributed by atoms with Gasteiger partial charge in [-0.15, -0.1) is 5.10 Å². The lowest BCUT2D eigenvalue weighted by Crippen LogP contribution is -2.18. The van der Waals surface area contributed by atoms with Gasteiger partial charge in [0.1, 0.15) is 17.5 Å². The van der Waals surface area contributed by atoms with Gasteiger partial charge in [-0.05, 0) is 6.07 Å². The summed E-state index contributed by atoms with van der Waals surface area (Å²) in [6.45, 7) is 1.81. The van der Waals surface area contributed by atoms with Crippen LogP contribution in [0.5, 0.6) is 0 Å². The van der Waals surface area contributed by atoms with Gasteiger partial charge in [0.2, 0.25) is 5.82 Å². The van der Waals surface area contributed by atoms with Crippen molar-refractivity contribution in [3.8, 4) is 0 Å². The standard InChI is InChI=1S/C12H11F2N5O2/c1-2-9-17-11(19-18-9)12(21)16-8-3-5(10(15)20)6(13)4-7(8)14/h3-4H,2H2,1H3,(H2,15,20)(H,16,21)(H,17,18,19). The third-order valence-electron chi connectivity index (χ3n) is 2.64.